The zero-order chi connectivity index (χ0) is 8.43. The van der Waals surface area contributed by atoms with Crippen molar-refractivity contribution in [1.82, 2.24) is 4.57 Å². The van der Waals surface area contributed by atoms with Gasteiger partial charge in [-0.15, -0.1) is 11.8 Å². The fraction of sp³-hybridized carbons (Fsp3) is 0.375. The van der Waals surface area contributed by atoms with Gasteiger partial charge in [0.25, 0.3) is 5.56 Å². The Labute approximate surface area is 70.2 Å². The number of thioether (sulfide) groups is 1. The van der Waals surface area contributed by atoms with Gasteiger partial charge in [0.15, 0.2) is 0 Å². The number of rotatable bonds is 1. The summed E-state index contributed by atoms with van der Waals surface area (Å²) in [6.07, 6.45) is 3.71. The van der Waals surface area contributed by atoms with Crippen LogP contribution in [0.2, 0.25) is 0 Å². The van der Waals surface area contributed by atoms with Crippen LogP contribution in [-0.2, 0) is 7.05 Å². The van der Waals surface area contributed by atoms with Crippen LogP contribution in [0.1, 0.15) is 5.56 Å². The lowest BCUT2D eigenvalue weighted by atomic mass is 10.3. The van der Waals surface area contributed by atoms with Crippen LogP contribution in [-0.4, -0.2) is 10.8 Å². The lowest BCUT2D eigenvalue weighted by molar-refractivity contribution is 0.824. The van der Waals surface area contributed by atoms with Crippen LogP contribution in [0.3, 0.4) is 0 Å². The van der Waals surface area contributed by atoms with Crippen molar-refractivity contribution in [3.63, 3.8) is 0 Å². The van der Waals surface area contributed by atoms with E-state index in [4.69, 9.17) is 0 Å². The highest BCUT2D eigenvalue weighted by atomic mass is 32.2. The molecule has 11 heavy (non-hydrogen) atoms. The molecular formula is C8H11NOS. The van der Waals surface area contributed by atoms with E-state index in [0.29, 0.717) is 0 Å². The summed E-state index contributed by atoms with van der Waals surface area (Å²) in [7, 11) is 1.77. The normalized spacial score (nSPS) is 10.1. The van der Waals surface area contributed by atoms with Gasteiger partial charge in [0.05, 0.1) is 4.90 Å². The highest BCUT2D eigenvalue weighted by Gasteiger charge is 2.01. The minimum Gasteiger partial charge on any atom is -0.318 e. The first-order valence-electron chi connectivity index (χ1n) is 3.37. The molecule has 2 nitrogen and oxygen atoms in total. The molecule has 1 rings (SSSR count). The average Bonchev–Trinajstić information content (AvgIpc) is 1.99. The molecule has 0 spiro atoms. The molecule has 0 fully saturated rings. The van der Waals surface area contributed by atoms with Gasteiger partial charge in [-0.05, 0) is 24.8 Å². The summed E-state index contributed by atoms with van der Waals surface area (Å²) < 4.78 is 1.60. The second-order valence-electron chi connectivity index (χ2n) is 2.45. The van der Waals surface area contributed by atoms with E-state index < -0.39 is 0 Å². The molecule has 0 saturated heterocycles. The Morgan fingerprint density at radius 1 is 1.55 bits per heavy atom. The van der Waals surface area contributed by atoms with Crippen LogP contribution in [0, 0.1) is 6.92 Å². The molecule has 0 aliphatic heterocycles. The lowest BCUT2D eigenvalue weighted by Crippen LogP contribution is -2.18. The number of aromatic nitrogens is 1. The van der Waals surface area contributed by atoms with E-state index in [2.05, 4.69) is 0 Å². The molecule has 0 bridgehead atoms. The Morgan fingerprint density at radius 2 is 2.18 bits per heavy atom. The first kappa shape index (κ1) is 8.40. The zero-order valence-corrected chi connectivity index (χ0v) is 7.73. The van der Waals surface area contributed by atoms with E-state index in [1.807, 2.05) is 19.2 Å². The minimum atomic E-state index is 0.0949. The summed E-state index contributed by atoms with van der Waals surface area (Å²) in [5.74, 6) is 0. The summed E-state index contributed by atoms with van der Waals surface area (Å²) in [5, 5.41) is 0. The van der Waals surface area contributed by atoms with Crippen LogP contribution in [0.5, 0.6) is 0 Å². The maximum absolute atomic E-state index is 11.4. The summed E-state index contributed by atoms with van der Waals surface area (Å²) in [6.45, 7) is 1.95. The average molecular weight is 169 g/mol. The van der Waals surface area contributed by atoms with Gasteiger partial charge < -0.3 is 4.57 Å². The lowest BCUT2D eigenvalue weighted by Gasteiger charge is -2.02. The van der Waals surface area contributed by atoms with E-state index >= 15 is 0 Å². The van der Waals surface area contributed by atoms with Crippen molar-refractivity contribution in [3.8, 4) is 0 Å². The number of hydrogen-bond donors (Lipinski definition) is 0. The fourth-order valence-electron chi connectivity index (χ4n) is 0.944. The molecule has 0 unspecified atom stereocenters. The summed E-state index contributed by atoms with van der Waals surface area (Å²) in [4.78, 5) is 12.2. The Morgan fingerprint density at radius 3 is 2.64 bits per heavy atom. The summed E-state index contributed by atoms with van der Waals surface area (Å²) in [5.41, 5.74) is 1.15. The van der Waals surface area contributed by atoms with E-state index in [9.17, 15) is 4.79 Å². The second-order valence-corrected chi connectivity index (χ2v) is 3.26. The molecule has 1 aromatic heterocycles. The van der Waals surface area contributed by atoms with Crippen LogP contribution >= 0.6 is 11.8 Å². The number of pyridine rings is 1. The van der Waals surface area contributed by atoms with Crippen LogP contribution < -0.4 is 5.56 Å². The maximum Gasteiger partial charge on any atom is 0.264 e. The van der Waals surface area contributed by atoms with Crippen molar-refractivity contribution in [2.45, 2.75) is 11.8 Å². The van der Waals surface area contributed by atoms with Gasteiger partial charge in [0.2, 0.25) is 0 Å². The molecule has 60 valence electrons. The third kappa shape index (κ3) is 1.48. The topological polar surface area (TPSA) is 22.0 Å². The Kier molecular flexibility index (Phi) is 2.39. The molecule has 0 atom stereocenters. The predicted molar refractivity (Wildman–Crippen MR) is 48.2 cm³/mol. The zero-order valence-electron chi connectivity index (χ0n) is 6.92. The second kappa shape index (κ2) is 3.13. The fourth-order valence-corrected chi connectivity index (χ4v) is 1.65. The van der Waals surface area contributed by atoms with Gasteiger partial charge in [0.1, 0.15) is 0 Å². The molecule has 0 aliphatic carbocycles. The molecule has 3 heteroatoms. The largest absolute Gasteiger partial charge is 0.318 e. The number of aryl methyl sites for hydroxylation is 2. The molecule has 0 amide bonds. The Hall–Kier alpha value is -0.700. The summed E-state index contributed by atoms with van der Waals surface area (Å²) in [6, 6.07) is 1.95. The highest BCUT2D eigenvalue weighted by molar-refractivity contribution is 7.98. The number of hydrogen-bond acceptors (Lipinski definition) is 2. The highest BCUT2D eigenvalue weighted by Crippen LogP contribution is 2.13. The molecular weight excluding hydrogens is 158 g/mol. The van der Waals surface area contributed by atoms with Crippen molar-refractivity contribution < 1.29 is 0 Å². The first-order chi connectivity index (χ1) is 5.16. The van der Waals surface area contributed by atoms with Crippen LogP contribution in [0.4, 0.5) is 0 Å². The monoisotopic (exact) mass is 169 g/mol. The van der Waals surface area contributed by atoms with Gasteiger partial charge in [0, 0.05) is 13.2 Å². The van der Waals surface area contributed by atoms with Crippen molar-refractivity contribution in [2.24, 2.45) is 7.05 Å². The van der Waals surface area contributed by atoms with Crippen molar-refractivity contribution in [3.05, 3.63) is 28.2 Å². The van der Waals surface area contributed by atoms with Gasteiger partial charge >= 0.3 is 0 Å². The van der Waals surface area contributed by atoms with E-state index in [0.717, 1.165) is 10.5 Å². The summed E-state index contributed by atoms with van der Waals surface area (Å²) >= 11 is 1.50. The quantitative estimate of drug-likeness (QED) is 0.593. The number of nitrogens with zero attached hydrogens (tertiary/aromatic N) is 1. The molecule has 0 aliphatic rings. The van der Waals surface area contributed by atoms with Gasteiger partial charge in [-0.25, -0.2) is 0 Å². The molecule has 0 aromatic carbocycles. The van der Waals surface area contributed by atoms with Crippen molar-refractivity contribution >= 4 is 11.8 Å². The van der Waals surface area contributed by atoms with E-state index in [-0.39, 0.29) is 5.56 Å². The van der Waals surface area contributed by atoms with E-state index in [1.165, 1.54) is 11.8 Å². The maximum atomic E-state index is 11.4. The molecule has 0 radical (unpaired) electrons. The first-order valence-corrected chi connectivity index (χ1v) is 4.59. The smallest absolute Gasteiger partial charge is 0.264 e. The SMILES string of the molecule is CSc1c(C)ccn(C)c1=O. The van der Waals surface area contributed by atoms with Crippen LogP contribution in [0.25, 0.3) is 0 Å². The third-order valence-corrected chi connectivity index (χ3v) is 2.53. The van der Waals surface area contributed by atoms with Crippen molar-refractivity contribution in [2.75, 3.05) is 6.26 Å². The molecule has 1 aromatic rings. The minimum absolute atomic E-state index is 0.0949. The van der Waals surface area contributed by atoms with Gasteiger partial charge in [-0.3, -0.25) is 4.79 Å². The Balaban J connectivity index is 3.41. The standard InChI is InChI=1S/C8H11NOS/c1-6-4-5-9(2)8(10)7(6)11-3/h4-5H,1-3H3. The molecule has 0 N–H and O–H groups in total. The third-order valence-electron chi connectivity index (χ3n) is 1.63. The molecule has 1 heterocycles. The van der Waals surface area contributed by atoms with Crippen LogP contribution in [0.15, 0.2) is 22.0 Å². The van der Waals surface area contributed by atoms with Crippen molar-refractivity contribution in [1.29, 1.82) is 0 Å². The van der Waals surface area contributed by atoms with E-state index in [1.54, 1.807) is 17.8 Å². The Bertz CT molecular complexity index is 316. The molecule has 0 saturated carbocycles. The van der Waals surface area contributed by atoms with Gasteiger partial charge in [-0.1, -0.05) is 0 Å². The predicted octanol–water partition coefficient (Wildman–Crippen LogP) is 1.42. The van der Waals surface area contributed by atoms with Gasteiger partial charge in [-0.2, -0.15) is 0 Å².